The van der Waals surface area contributed by atoms with Crippen molar-refractivity contribution in [2.75, 3.05) is 0 Å². The fourth-order valence-electron chi connectivity index (χ4n) is 1.65. The van der Waals surface area contributed by atoms with Crippen molar-refractivity contribution in [3.8, 4) is 0 Å². The first-order valence-corrected chi connectivity index (χ1v) is 5.55. The van der Waals surface area contributed by atoms with Gasteiger partial charge in [-0.3, -0.25) is 0 Å². The Morgan fingerprint density at radius 3 is 3.00 bits per heavy atom. The van der Waals surface area contributed by atoms with Gasteiger partial charge in [-0.2, -0.15) is 4.37 Å². The molecule has 1 atom stereocenters. The average molecular weight is 206 g/mol. The van der Waals surface area contributed by atoms with E-state index < -0.39 is 0 Å². The largest absolute Gasteiger partial charge is 0.328 e. The van der Waals surface area contributed by atoms with Gasteiger partial charge in [-0.25, -0.2) is 0 Å². The monoisotopic (exact) mass is 206 g/mol. The van der Waals surface area contributed by atoms with Crippen LogP contribution < -0.4 is 5.73 Å². The van der Waals surface area contributed by atoms with Crippen LogP contribution in [0.3, 0.4) is 0 Å². The summed E-state index contributed by atoms with van der Waals surface area (Å²) in [6.07, 6.45) is 0.930. The summed E-state index contributed by atoms with van der Waals surface area (Å²) in [6.45, 7) is 4.08. The predicted molar refractivity (Wildman–Crippen MR) is 61.7 cm³/mol. The summed E-state index contributed by atoms with van der Waals surface area (Å²) in [4.78, 5) is 0. The molecule has 2 rings (SSSR count). The second kappa shape index (κ2) is 3.67. The molecule has 0 aliphatic rings. The fourth-order valence-corrected chi connectivity index (χ4v) is 2.56. The Hall–Kier alpha value is -0.930. The molecule has 0 bridgehead atoms. The van der Waals surface area contributed by atoms with Crippen molar-refractivity contribution in [2.45, 2.75) is 26.3 Å². The average Bonchev–Trinajstić information content (AvgIpc) is 2.49. The van der Waals surface area contributed by atoms with Crippen molar-refractivity contribution in [1.82, 2.24) is 4.37 Å². The maximum atomic E-state index is 5.81. The zero-order chi connectivity index (χ0) is 10.1. The predicted octanol–water partition coefficient (Wildman–Crippen LogP) is 2.49. The maximum Gasteiger partial charge on any atom is 0.0589 e. The van der Waals surface area contributed by atoms with Gasteiger partial charge in [0.25, 0.3) is 0 Å². The molecule has 1 unspecified atom stereocenters. The standard InChI is InChI=1S/C11H14N2S/c1-7(12)6-9-4-3-5-10-8(2)13-14-11(9)10/h3-5,7H,6,12H2,1-2H3. The first kappa shape index (κ1) is 9.62. The lowest BCUT2D eigenvalue weighted by atomic mass is 10.1. The molecule has 1 aromatic carbocycles. The minimum Gasteiger partial charge on any atom is -0.328 e. The van der Waals surface area contributed by atoms with E-state index in [-0.39, 0.29) is 6.04 Å². The number of aromatic nitrogens is 1. The third-order valence-corrected chi connectivity index (χ3v) is 3.33. The Morgan fingerprint density at radius 1 is 1.50 bits per heavy atom. The summed E-state index contributed by atoms with van der Waals surface area (Å²) in [5.41, 5.74) is 8.25. The summed E-state index contributed by atoms with van der Waals surface area (Å²) in [7, 11) is 0. The van der Waals surface area contributed by atoms with Crippen molar-refractivity contribution < 1.29 is 0 Å². The smallest absolute Gasteiger partial charge is 0.0589 e. The van der Waals surface area contributed by atoms with Crippen LogP contribution in [-0.2, 0) is 6.42 Å². The van der Waals surface area contributed by atoms with E-state index in [2.05, 4.69) is 29.5 Å². The molecule has 0 saturated carbocycles. The lowest BCUT2D eigenvalue weighted by molar-refractivity contribution is 0.742. The van der Waals surface area contributed by atoms with Gasteiger partial charge >= 0.3 is 0 Å². The third kappa shape index (κ3) is 1.65. The molecule has 74 valence electrons. The fraction of sp³-hybridized carbons (Fsp3) is 0.364. The quantitative estimate of drug-likeness (QED) is 0.820. The van der Waals surface area contributed by atoms with Gasteiger partial charge in [-0.15, -0.1) is 0 Å². The highest BCUT2D eigenvalue weighted by molar-refractivity contribution is 7.13. The number of benzene rings is 1. The van der Waals surface area contributed by atoms with Crippen molar-refractivity contribution in [2.24, 2.45) is 5.73 Å². The molecule has 0 spiro atoms. The van der Waals surface area contributed by atoms with Crippen LogP contribution >= 0.6 is 11.5 Å². The molecule has 0 aliphatic heterocycles. The van der Waals surface area contributed by atoms with E-state index in [0.29, 0.717) is 0 Å². The van der Waals surface area contributed by atoms with E-state index in [1.807, 2.05) is 6.92 Å². The number of aryl methyl sites for hydroxylation is 1. The molecule has 0 aliphatic carbocycles. The van der Waals surface area contributed by atoms with E-state index in [0.717, 1.165) is 12.1 Å². The van der Waals surface area contributed by atoms with Crippen LogP contribution in [0.1, 0.15) is 18.2 Å². The van der Waals surface area contributed by atoms with Gasteiger partial charge in [0.1, 0.15) is 0 Å². The molecule has 2 N–H and O–H groups in total. The van der Waals surface area contributed by atoms with E-state index in [9.17, 15) is 0 Å². The van der Waals surface area contributed by atoms with E-state index in [1.54, 1.807) is 11.5 Å². The molecule has 0 saturated heterocycles. The van der Waals surface area contributed by atoms with Crippen LogP contribution in [0.2, 0.25) is 0 Å². The number of nitrogens with zero attached hydrogens (tertiary/aromatic N) is 1. The second-order valence-electron chi connectivity index (χ2n) is 3.74. The Bertz CT molecular complexity index is 445. The first-order valence-electron chi connectivity index (χ1n) is 4.78. The summed E-state index contributed by atoms with van der Waals surface area (Å²) < 4.78 is 5.66. The summed E-state index contributed by atoms with van der Waals surface area (Å²) >= 11 is 1.58. The Balaban J connectivity index is 2.54. The van der Waals surface area contributed by atoms with Crippen LogP contribution in [0.5, 0.6) is 0 Å². The van der Waals surface area contributed by atoms with Crippen LogP contribution in [0.4, 0.5) is 0 Å². The van der Waals surface area contributed by atoms with Gasteiger partial charge in [0, 0.05) is 11.4 Å². The van der Waals surface area contributed by atoms with Gasteiger partial charge in [-0.05, 0) is 37.4 Å². The minimum absolute atomic E-state index is 0.211. The molecule has 1 heterocycles. The zero-order valence-corrected chi connectivity index (χ0v) is 9.27. The van der Waals surface area contributed by atoms with Crippen LogP contribution in [0.15, 0.2) is 18.2 Å². The zero-order valence-electron chi connectivity index (χ0n) is 8.45. The van der Waals surface area contributed by atoms with Gasteiger partial charge in [0.05, 0.1) is 10.4 Å². The Morgan fingerprint density at radius 2 is 2.29 bits per heavy atom. The molecule has 2 aromatic rings. The summed E-state index contributed by atoms with van der Waals surface area (Å²) in [6, 6.07) is 6.56. The molecule has 1 aromatic heterocycles. The second-order valence-corrected chi connectivity index (χ2v) is 4.52. The molecular weight excluding hydrogens is 192 g/mol. The SMILES string of the molecule is Cc1nsc2c(CC(C)N)cccc12. The maximum absolute atomic E-state index is 5.81. The molecule has 0 radical (unpaired) electrons. The van der Waals surface area contributed by atoms with Gasteiger partial charge in [0.2, 0.25) is 0 Å². The minimum atomic E-state index is 0.211. The van der Waals surface area contributed by atoms with Crippen LogP contribution in [0, 0.1) is 6.92 Å². The van der Waals surface area contributed by atoms with E-state index >= 15 is 0 Å². The Kier molecular flexibility index (Phi) is 2.52. The highest BCUT2D eigenvalue weighted by Gasteiger charge is 2.07. The van der Waals surface area contributed by atoms with E-state index in [1.165, 1.54) is 15.6 Å². The summed E-state index contributed by atoms with van der Waals surface area (Å²) in [5.74, 6) is 0. The van der Waals surface area contributed by atoms with Crippen molar-refractivity contribution in [3.63, 3.8) is 0 Å². The van der Waals surface area contributed by atoms with Crippen molar-refractivity contribution in [3.05, 3.63) is 29.5 Å². The molecule has 14 heavy (non-hydrogen) atoms. The number of rotatable bonds is 2. The molecule has 0 fully saturated rings. The Labute approximate surface area is 87.9 Å². The molecule has 2 nitrogen and oxygen atoms in total. The van der Waals surface area contributed by atoms with Gasteiger partial charge in [0.15, 0.2) is 0 Å². The highest BCUT2D eigenvalue weighted by Crippen LogP contribution is 2.26. The highest BCUT2D eigenvalue weighted by atomic mass is 32.1. The van der Waals surface area contributed by atoms with Gasteiger partial charge in [-0.1, -0.05) is 18.2 Å². The van der Waals surface area contributed by atoms with Crippen molar-refractivity contribution in [1.29, 1.82) is 0 Å². The molecule has 0 amide bonds. The normalized spacial score (nSPS) is 13.4. The van der Waals surface area contributed by atoms with Crippen molar-refractivity contribution >= 4 is 21.6 Å². The third-order valence-electron chi connectivity index (χ3n) is 2.30. The van der Waals surface area contributed by atoms with Crippen LogP contribution in [0.25, 0.3) is 10.1 Å². The number of fused-ring (bicyclic) bond motifs is 1. The van der Waals surface area contributed by atoms with Gasteiger partial charge < -0.3 is 5.73 Å². The first-order chi connectivity index (χ1) is 6.68. The topological polar surface area (TPSA) is 38.9 Å². The lowest BCUT2D eigenvalue weighted by Gasteiger charge is -2.05. The van der Waals surface area contributed by atoms with E-state index in [4.69, 9.17) is 5.73 Å². The number of nitrogens with two attached hydrogens (primary N) is 1. The molecular formula is C11H14N2S. The number of hydrogen-bond acceptors (Lipinski definition) is 3. The molecule has 3 heteroatoms. The number of hydrogen-bond donors (Lipinski definition) is 1. The van der Waals surface area contributed by atoms with Crippen LogP contribution in [-0.4, -0.2) is 10.4 Å². The lowest BCUT2D eigenvalue weighted by Crippen LogP contribution is -2.17. The summed E-state index contributed by atoms with van der Waals surface area (Å²) in [5, 5.41) is 1.27.